The largest absolute Gasteiger partial charge is 0.497 e. The normalized spacial score (nSPS) is 10.6. The van der Waals surface area contributed by atoms with Crippen LogP contribution in [0.3, 0.4) is 0 Å². The van der Waals surface area contributed by atoms with Gasteiger partial charge in [0.25, 0.3) is 0 Å². The molecular formula is C14H19N3O. The maximum Gasteiger partial charge on any atom is 0.131 e. The van der Waals surface area contributed by atoms with Crippen molar-refractivity contribution in [1.29, 1.82) is 0 Å². The molecule has 0 saturated heterocycles. The van der Waals surface area contributed by atoms with Crippen molar-refractivity contribution in [2.75, 3.05) is 12.8 Å². The predicted molar refractivity (Wildman–Crippen MR) is 73.5 cm³/mol. The smallest absolute Gasteiger partial charge is 0.131 e. The Morgan fingerprint density at radius 1 is 1.39 bits per heavy atom. The fourth-order valence-corrected chi connectivity index (χ4v) is 1.89. The first-order chi connectivity index (χ1) is 8.76. The first-order valence-electron chi connectivity index (χ1n) is 6.21. The predicted octanol–water partition coefficient (Wildman–Crippen LogP) is 2.94. The zero-order chi connectivity index (χ0) is 13.0. The van der Waals surface area contributed by atoms with Crippen LogP contribution >= 0.6 is 0 Å². The van der Waals surface area contributed by atoms with Crippen molar-refractivity contribution in [2.45, 2.75) is 26.3 Å². The van der Waals surface area contributed by atoms with Gasteiger partial charge in [-0.3, -0.25) is 0 Å². The van der Waals surface area contributed by atoms with E-state index >= 15 is 0 Å². The van der Waals surface area contributed by atoms with Crippen molar-refractivity contribution in [3.8, 4) is 17.0 Å². The summed E-state index contributed by atoms with van der Waals surface area (Å²) < 4.78 is 7.21. The molecule has 18 heavy (non-hydrogen) atoms. The average Bonchev–Trinajstić information content (AvgIpc) is 2.78. The lowest BCUT2D eigenvalue weighted by Gasteiger charge is -2.05. The Kier molecular flexibility index (Phi) is 3.87. The minimum atomic E-state index is 0.719. The number of rotatable bonds is 5. The summed E-state index contributed by atoms with van der Waals surface area (Å²) in [5, 5.41) is 0. The molecule has 0 spiro atoms. The second-order valence-corrected chi connectivity index (χ2v) is 4.26. The zero-order valence-electron chi connectivity index (χ0n) is 10.9. The van der Waals surface area contributed by atoms with Crippen molar-refractivity contribution >= 4 is 5.82 Å². The Morgan fingerprint density at radius 2 is 2.22 bits per heavy atom. The molecule has 0 unspecified atom stereocenters. The van der Waals surface area contributed by atoms with E-state index in [4.69, 9.17) is 10.5 Å². The van der Waals surface area contributed by atoms with Crippen LogP contribution in [0.5, 0.6) is 5.75 Å². The van der Waals surface area contributed by atoms with Gasteiger partial charge in [0.15, 0.2) is 0 Å². The van der Waals surface area contributed by atoms with Crippen LogP contribution in [0.2, 0.25) is 0 Å². The highest BCUT2D eigenvalue weighted by molar-refractivity contribution is 5.71. The molecule has 0 atom stereocenters. The van der Waals surface area contributed by atoms with E-state index in [1.165, 1.54) is 0 Å². The molecule has 0 amide bonds. The number of nitrogen functional groups attached to an aromatic ring is 1. The number of benzene rings is 1. The maximum absolute atomic E-state index is 6.13. The minimum absolute atomic E-state index is 0.719. The Hall–Kier alpha value is -1.97. The van der Waals surface area contributed by atoms with Crippen LogP contribution in [0, 0.1) is 0 Å². The van der Waals surface area contributed by atoms with E-state index < -0.39 is 0 Å². The molecule has 2 aromatic rings. The third-order valence-electron chi connectivity index (χ3n) is 2.97. The molecule has 2 rings (SSSR count). The summed E-state index contributed by atoms with van der Waals surface area (Å²) in [6.07, 6.45) is 4.06. The highest BCUT2D eigenvalue weighted by Gasteiger charge is 2.10. The van der Waals surface area contributed by atoms with Gasteiger partial charge in [0.05, 0.1) is 13.4 Å². The van der Waals surface area contributed by atoms with E-state index in [1.54, 1.807) is 13.4 Å². The van der Waals surface area contributed by atoms with Crippen LogP contribution in [-0.2, 0) is 6.54 Å². The van der Waals surface area contributed by atoms with Crippen LogP contribution in [0.4, 0.5) is 5.82 Å². The fourth-order valence-electron chi connectivity index (χ4n) is 1.89. The summed E-state index contributed by atoms with van der Waals surface area (Å²) in [4.78, 5) is 4.40. The Labute approximate surface area is 107 Å². The first kappa shape index (κ1) is 12.5. The van der Waals surface area contributed by atoms with Gasteiger partial charge in [-0.15, -0.1) is 0 Å². The van der Waals surface area contributed by atoms with Gasteiger partial charge in [0.2, 0.25) is 0 Å². The molecule has 0 radical (unpaired) electrons. The summed E-state index contributed by atoms with van der Waals surface area (Å²) in [7, 11) is 1.66. The molecule has 1 heterocycles. The lowest BCUT2D eigenvalue weighted by atomic mass is 10.1. The molecule has 4 nitrogen and oxygen atoms in total. The topological polar surface area (TPSA) is 53.1 Å². The summed E-state index contributed by atoms with van der Waals surface area (Å²) >= 11 is 0. The van der Waals surface area contributed by atoms with Gasteiger partial charge >= 0.3 is 0 Å². The molecule has 0 saturated carbocycles. The van der Waals surface area contributed by atoms with Gasteiger partial charge in [0, 0.05) is 12.1 Å². The number of hydrogen-bond acceptors (Lipinski definition) is 3. The van der Waals surface area contributed by atoms with E-state index in [0.29, 0.717) is 0 Å². The Morgan fingerprint density at radius 3 is 2.94 bits per heavy atom. The van der Waals surface area contributed by atoms with Gasteiger partial charge in [-0.1, -0.05) is 25.5 Å². The van der Waals surface area contributed by atoms with Crippen molar-refractivity contribution in [1.82, 2.24) is 9.55 Å². The van der Waals surface area contributed by atoms with Crippen molar-refractivity contribution < 1.29 is 4.74 Å². The standard InChI is InChI=1S/C14H19N3O/c1-3-4-8-17-10-16-13(14(17)15)11-6-5-7-12(9-11)18-2/h5-7,9-10H,3-4,8,15H2,1-2H3. The molecule has 96 valence electrons. The Balaban J connectivity index is 2.30. The number of ether oxygens (including phenoxy) is 1. The third kappa shape index (κ3) is 2.47. The lowest BCUT2D eigenvalue weighted by molar-refractivity contribution is 0.415. The van der Waals surface area contributed by atoms with Crippen molar-refractivity contribution in [2.24, 2.45) is 0 Å². The van der Waals surface area contributed by atoms with Crippen LogP contribution in [-0.4, -0.2) is 16.7 Å². The highest BCUT2D eigenvalue weighted by atomic mass is 16.5. The fraction of sp³-hybridized carbons (Fsp3) is 0.357. The van der Waals surface area contributed by atoms with E-state index in [0.717, 1.165) is 42.2 Å². The van der Waals surface area contributed by atoms with Crippen LogP contribution in [0.15, 0.2) is 30.6 Å². The number of unbranched alkanes of at least 4 members (excludes halogenated alkanes) is 1. The number of nitrogens with zero attached hydrogens (tertiary/aromatic N) is 2. The molecule has 1 aromatic carbocycles. The second kappa shape index (κ2) is 5.58. The maximum atomic E-state index is 6.13. The number of methoxy groups -OCH3 is 1. The number of aryl methyl sites for hydroxylation is 1. The lowest BCUT2D eigenvalue weighted by Crippen LogP contribution is -2.02. The summed E-state index contributed by atoms with van der Waals surface area (Å²) in [5.74, 6) is 1.53. The van der Waals surface area contributed by atoms with Crippen molar-refractivity contribution in [3.63, 3.8) is 0 Å². The highest BCUT2D eigenvalue weighted by Crippen LogP contribution is 2.27. The number of hydrogen-bond donors (Lipinski definition) is 1. The molecule has 2 N–H and O–H groups in total. The van der Waals surface area contributed by atoms with E-state index in [1.807, 2.05) is 28.8 Å². The second-order valence-electron chi connectivity index (χ2n) is 4.26. The quantitative estimate of drug-likeness (QED) is 0.881. The Bertz CT molecular complexity index is 520. The van der Waals surface area contributed by atoms with Gasteiger partial charge in [-0.25, -0.2) is 4.98 Å². The number of aromatic nitrogens is 2. The van der Waals surface area contributed by atoms with E-state index in [2.05, 4.69) is 11.9 Å². The van der Waals surface area contributed by atoms with E-state index in [-0.39, 0.29) is 0 Å². The molecule has 0 aliphatic heterocycles. The van der Waals surface area contributed by atoms with Gasteiger partial charge in [-0.2, -0.15) is 0 Å². The molecule has 4 heteroatoms. The van der Waals surface area contributed by atoms with Crippen molar-refractivity contribution in [3.05, 3.63) is 30.6 Å². The first-order valence-corrected chi connectivity index (χ1v) is 6.21. The zero-order valence-corrected chi connectivity index (χ0v) is 10.9. The molecule has 1 aromatic heterocycles. The number of imidazole rings is 1. The van der Waals surface area contributed by atoms with E-state index in [9.17, 15) is 0 Å². The summed E-state index contributed by atoms with van der Waals surface area (Å²) in [6.45, 7) is 3.08. The molecular weight excluding hydrogens is 226 g/mol. The van der Waals surface area contributed by atoms with Crippen LogP contribution in [0.25, 0.3) is 11.3 Å². The van der Waals surface area contributed by atoms with Gasteiger partial charge in [-0.05, 0) is 18.6 Å². The monoisotopic (exact) mass is 245 g/mol. The summed E-state index contributed by atoms with van der Waals surface area (Å²) in [5.41, 5.74) is 7.94. The molecule has 0 aliphatic rings. The third-order valence-corrected chi connectivity index (χ3v) is 2.97. The number of anilines is 1. The molecule has 0 fully saturated rings. The molecule has 0 aliphatic carbocycles. The summed E-state index contributed by atoms with van der Waals surface area (Å²) in [6, 6.07) is 7.79. The van der Waals surface area contributed by atoms with Crippen LogP contribution in [0.1, 0.15) is 19.8 Å². The van der Waals surface area contributed by atoms with Crippen LogP contribution < -0.4 is 10.5 Å². The average molecular weight is 245 g/mol. The minimum Gasteiger partial charge on any atom is -0.497 e. The SMILES string of the molecule is CCCCn1cnc(-c2cccc(OC)c2)c1N. The molecule has 0 bridgehead atoms. The van der Waals surface area contributed by atoms with Gasteiger partial charge in [0.1, 0.15) is 17.3 Å². The van der Waals surface area contributed by atoms with Gasteiger partial charge < -0.3 is 15.0 Å². The number of nitrogens with two attached hydrogens (primary N) is 1.